The van der Waals surface area contributed by atoms with Crippen LogP contribution in [0.2, 0.25) is 0 Å². The molecule has 1 aliphatic heterocycles. The molecule has 1 aromatic heterocycles. The average molecular weight is 218 g/mol. The molecule has 1 saturated heterocycles. The standard InChI is InChI=1S/C14H22N2/c1-11(2)16-9-7-13(8-10-16)14-6-4-5-12(3)15-14/h4-6,11,13H,7-10H2,1-3H3. The van der Waals surface area contributed by atoms with E-state index in [0.29, 0.717) is 12.0 Å². The topological polar surface area (TPSA) is 16.1 Å². The van der Waals surface area contributed by atoms with Gasteiger partial charge in [-0.2, -0.15) is 0 Å². The van der Waals surface area contributed by atoms with Crippen molar-refractivity contribution >= 4 is 0 Å². The first-order valence-electron chi connectivity index (χ1n) is 6.34. The Kier molecular flexibility index (Phi) is 3.59. The van der Waals surface area contributed by atoms with Crippen LogP contribution in [0.4, 0.5) is 0 Å². The number of aryl methyl sites for hydroxylation is 1. The summed E-state index contributed by atoms with van der Waals surface area (Å²) in [5.74, 6) is 0.676. The summed E-state index contributed by atoms with van der Waals surface area (Å²) in [6.45, 7) is 9.08. The Balaban J connectivity index is 1.99. The van der Waals surface area contributed by atoms with E-state index >= 15 is 0 Å². The maximum absolute atomic E-state index is 4.65. The third-order valence-corrected chi connectivity index (χ3v) is 3.59. The second-order valence-corrected chi connectivity index (χ2v) is 5.11. The van der Waals surface area contributed by atoms with Crippen molar-refractivity contribution in [1.29, 1.82) is 0 Å². The van der Waals surface area contributed by atoms with Crippen LogP contribution in [0.3, 0.4) is 0 Å². The van der Waals surface area contributed by atoms with Crippen molar-refractivity contribution in [2.45, 2.75) is 45.6 Å². The van der Waals surface area contributed by atoms with Crippen LogP contribution in [0, 0.1) is 6.92 Å². The summed E-state index contributed by atoms with van der Waals surface area (Å²) in [4.78, 5) is 7.21. The molecule has 2 nitrogen and oxygen atoms in total. The number of nitrogens with zero attached hydrogens (tertiary/aromatic N) is 2. The van der Waals surface area contributed by atoms with Gasteiger partial charge in [-0.05, 0) is 58.8 Å². The summed E-state index contributed by atoms with van der Waals surface area (Å²) >= 11 is 0. The molecule has 0 radical (unpaired) electrons. The monoisotopic (exact) mass is 218 g/mol. The Morgan fingerprint density at radius 2 is 1.94 bits per heavy atom. The molecular formula is C14H22N2. The van der Waals surface area contributed by atoms with Crippen LogP contribution in [-0.4, -0.2) is 29.0 Å². The highest BCUT2D eigenvalue weighted by Crippen LogP contribution is 2.27. The van der Waals surface area contributed by atoms with Gasteiger partial charge in [0.15, 0.2) is 0 Å². The van der Waals surface area contributed by atoms with Crippen LogP contribution >= 0.6 is 0 Å². The molecule has 2 rings (SSSR count). The number of pyridine rings is 1. The predicted molar refractivity (Wildman–Crippen MR) is 67.7 cm³/mol. The molecule has 0 N–H and O–H groups in total. The summed E-state index contributed by atoms with van der Waals surface area (Å²) in [5, 5.41) is 0. The molecule has 0 amide bonds. The van der Waals surface area contributed by atoms with E-state index in [0.717, 1.165) is 5.69 Å². The normalized spacial score (nSPS) is 19.2. The maximum atomic E-state index is 4.65. The zero-order valence-corrected chi connectivity index (χ0v) is 10.6. The molecule has 16 heavy (non-hydrogen) atoms. The molecule has 2 heterocycles. The second-order valence-electron chi connectivity index (χ2n) is 5.11. The van der Waals surface area contributed by atoms with Gasteiger partial charge in [0.05, 0.1) is 0 Å². The fourth-order valence-electron chi connectivity index (χ4n) is 2.50. The highest BCUT2D eigenvalue weighted by molar-refractivity contribution is 5.14. The molecule has 0 aliphatic carbocycles. The van der Waals surface area contributed by atoms with Gasteiger partial charge in [-0.1, -0.05) is 6.07 Å². The number of hydrogen-bond acceptors (Lipinski definition) is 2. The molecule has 0 atom stereocenters. The van der Waals surface area contributed by atoms with Crippen molar-refractivity contribution < 1.29 is 0 Å². The Bertz CT molecular complexity index is 338. The molecule has 2 heteroatoms. The third kappa shape index (κ3) is 2.62. The summed E-state index contributed by atoms with van der Waals surface area (Å²) in [6.07, 6.45) is 2.52. The average Bonchev–Trinajstić information content (AvgIpc) is 2.29. The van der Waals surface area contributed by atoms with Gasteiger partial charge in [0, 0.05) is 23.3 Å². The maximum Gasteiger partial charge on any atom is 0.0438 e. The fraction of sp³-hybridized carbons (Fsp3) is 0.643. The van der Waals surface area contributed by atoms with E-state index in [1.54, 1.807) is 0 Å². The van der Waals surface area contributed by atoms with Crippen LogP contribution < -0.4 is 0 Å². The molecular weight excluding hydrogens is 196 g/mol. The van der Waals surface area contributed by atoms with Crippen molar-refractivity contribution in [3.8, 4) is 0 Å². The van der Waals surface area contributed by atoms with E-state index in [9.17, 15) is 0 Å². The number of piperidine rings is 1. The number of aromatic nitrogens is 1. The quantitative estimate of drug-likeness (QED) is 0.758. The van der Waals surface area contributed by atoms with Crippen molar-refractivity contribution in [3.05, 3.63) is 29.6 Å². The first-order valence-corrected chi connectivity index (χ1v) is 6.34. The minimum Gasteiger partial charge on any atom is -0.301 e. The van der Waals surface area contributed by atoms with Gasteiger partial charge < -0.3 is 4.90 Å². The molecule has 1 fully saturated rings. The second kappa shape index (κ2) is 4.96. The largest absolute Gasteiger partial charge is 0.301 e. The SMILES string of the molecule is Cc1cccc(C2CCN(C(C)C)CC2)n1. The lowest BCUT2D eigenvalue weighted by Crippen LogP contribution is -2.38. The summed E-state index contributed by atoms with van der Waals surface area (Å²) in [6, 6.07) is 7.08. The van der Waals surface area contributed by atoms with Gasteiger partial charge >= 0.3 is 0 Å². The van der Waals surface area contributed by atoms with Crippen LogP contribution in [0.15, 0.2) is 18.2 Å². The molecule has 88 valence electrons. The van der Waals surface area contributed by atoms with E-state index in [4.69, 9.17) is 0 Å². The van der Waals surface area contributed by atoms with E-state index in [-0.39, 0.29) is 0 Å². The summed E-state index contributed by atoms with van der Waals surface area (Å²) < 4.78 is 0. The Hall–Kier alpha value is -0.890. The smallest absolute Gasteiger partial charge is 0.0438 e. The zero-order valence-electron chi connectivity index (χ0n) is 10.6. The number of rotatable bonds is 2. The number of hydrogen-bond donors (Lipinski definition) is 0. The third-order valence-electron chi connectivity index (χ3n) is 3.59. The van der Waals surface area contributed by atoms with Crippen LogP contribution in [-0.2, 0) is 0 Å². The van der Waals surface area contributed by atoms with Crippen molar-refractivity contribution in [1.82, 2.24) is 9.88 Å². The van der Waals surface area contributed by atoms with Crippen molar-refractivity contribution in [2.24, 2.45) is 0 Å². The lowest BCUT2D eigenvalue weighted by molar-refractivity contribution is 0.171. The number of likely N-dealkylation sites (tertiary alicyclic amines) is 1. The van der Waals surface area contributed by atoms with Gasteiger partial charge in [0.2, 0.25) is 0 Å². The molecule has 0 saturated carbocycles. The van der Waals surface area contributed by atoms with E-state index in [1.807, 2.05) is 0 Å². The predicted octanol–water partition coefficient (Wildman–Crippen LogP) is 2.98. The van der Waals surface area contributed by atoms with Crippen molar-refractivity contribution in [3.63, 3.8) is 0 Å². The zero-order chi connectivity index (χ0) is 11.5. The van der Waals surface area contributed by atoms with Gasteiger partial charge in [-0.15, -0.1) is 0 Å². The summed E-state index contributed by atoms with van der Waals surface area (Å²) in [5.41, 5.74) is 2.44. The summed E-state index contributed by atoms with van der Waals surface area (Å²) in [7, 11) is 0. The van der Waals surface area contributed by atoms with Crippen molar-refractivity contribution in [2.75, 3.05) is 13.1 Å². The van der Waals surface area contributed by atoms with E-state index < -0.39 is 0 Å². The molecule has 1 aliphatic rings. The molecule has 0 bridgehead atoms. The Morgan fingerprint density at radius 1 is 1.25 bits per heavy atom. The minimum absolute atomic E-state index is 0.676. The van der Waals surface area contributed by atoms with Gasteiger partial charge in [0.1, 0.15) is 0 Å². The van der Waals surface area contributed by atoms with Gasteiger partial charge in [-0.25, -0.2) is 0 Å². The Morgan fingerprint density at radius 3 is 2.50 bits per heavy atom. The highest BCUT2D eigenvalue weighted by Gasteiger charge is 2.22. The van der Waals surface area contributed by atoms with Gasteiger partial charge in [0.25, 0.3) is 0 Å². The molecule has 1 aromatic rings. The highest BCUT2D eigenvalue weighted by atomic mass is 15.1. The Labute approximate surface area is 98.7 Å². The van der Waals surface area contributed by atoms with E-state index in [2.05, 4.69) is 48.9 Å². The van der Waals surface area contributed by atoms with Crippen LogP contribution in [0.5, 0.6) is 0 Å². The van der Waals surface area contributed by atoms with Gasteiger partial charge in [-0.3, -0.25) is 4.98 Å². The first kappa shape index (κ1) is 11.6. The minimum atomic E-state index is 0.676. The van der Waals surface area contributed by atoms with E-state index in [1.165, 1.54) is 31.6 Å². The molecule has 0 unspecified atom stereocenters. The van der Waals surface area contributed by atoms with Crippen LogP contribution in [0.25, 0.3) is 0 Å². The fourth-order valence-corrected chi connectivity index (χ4v) is 2.50. The lowest BCUT2D eigenvalue weighted by atomic mass is 9.92. The van der Waals surface area contributed by atoms with Crippen LogP contribution in [0.1, 0.15) is 44.0 Å². The molecule has 0 spiro atoms. The first-order chi connectivity index (χ1) is 7.66. The molecule has 0 aromatic carbocycles. The lowest BCUT2D eigenvalue weighted by Gasteiger charge is -2.34.